The minimum atomic E-state index is -0.159. The van der Waals surface area contributed by atoms with Crippen molar-refractivity contribution >= 4 is 5.78 Å². The molecule has 0 aromatic rings. The van der Waals surface area contributed by atoms with Gasteiger partial charge in [-0.2, -0.15) is 0 Å². The van der Waals surface area contributed by atoms with Gasteiger partial charge in [-0.3, -0.25) is 9.69 Å². The maximum absolute atomic E-state index is 12.1. The predicted molar refractivity (Wildman–Crippen MR) is 84.1 cm³/mol. The van der Waals surface area contributed by atoms with Crippen molar-refractivity contribution in [2.24, 2.45) is 0 Å². The van der Waals surface area contributed by atoms with Crippen molar-refractivity contribution < 1.29 is 9.53 Å². The van der Waals surface area contributed by atoms with Crippen LogP contribution in [0.3, 0.4) is 0 Å². The second-order valence-corrected chi connectivity index (χ2v) is 5.94. The Kier molecular flexibility index (Phi) is 9.94. The van der Waals surface area contributed by atoms with Gasteiger partial charge in [0.1, 0.15) is 6.10 Å². The summed E-state index contributed by atoms with van der Waals surface area (Å²) in [4.78, 5) is 14.4. The van der Waals surface area contributed by atoms with Gasteiger partial charge in [0.25, 0.3) is 0 Å². The van der Waals surface area contributed by atoms with Crippen molar-refractivity contribution in [1.82, 2.24) is 4.90 Å². The van der Waals surface area contributed by atoms with Gasteiger partial charge < -0.3 is 4.74 Å². The van der Waals surface area contributed by atoms with Crippen molar-refractivity contribution in [3.63, 3.8) is 0 Å². The van der Waals surface area contributed by atoms with E-state index in [-0.39, 0.29) is 6.10 Å². The van der Waals surface area contributed by atoms with E-state index in [0.717, 1.165) is 26.1 Å². The largest absolute Gasteiger partial charge is 0.368 e. The summed E-state index contributed by atoms with van der Waals surface area (Å²) in [5.41, 5.74) is 0. The number of unbranched alkanes of at least 4 members (excludes halogenated alkanes) is 7. The van der Waals surface area contributed by atoms with E-state index in [1.54, 1.807) is 0 Å². The highest BCUT2D eigenvalue weighted by Crippen LogP contribution is 2.13. The zero-order chi connectivity index (χ0) is 14.6. The minimum Gasteiger partial charge on any atom is -0.368 e. The first-order chi connectivity index (χ1) is 9.77. The third-order valence-electron chi connectivity index (χ3n) is 4.23. The van der Waals surface area contributed by atoms with E-state index in [2.05, 4.69) is 18.7 Å². The summed E-state index contributed by atoms with van der Waals surface area (Å²) >= 11 is 0. The summed E-state index contributed by atoms with van der Waals surface area (Å²) in [5, 5.41) is 0. The van der Waals surface area contributed by atoms with E-state index in [4.69, 9.17) is 4.74 Å². The highest BCUT2D eigenvalue weighted by Gasteiger charge is 2.24. The molecule has 1 unspecified atom stereocenters. The number of carbonyl (C=O) groups is 1. The monoisotopic (exact) mass is 283 g/mol. The highest BCUT2D eigenvalue weighted by atomic mass is 16.5. The molecular formula is C17H33NO2. The van der Waals surface area contributed by atoms with Crippen LogP contribution in [0.15, 0.2) is 0 Å². The molecular weight excluding hydrogens is 250 g/mol. The van der Waals surface area contributed by atoms with E-state index in [1.807, 2.05) is 0 Å². The minimum absolute atomic E-state index is 0.159. The molecule has 0 aromatic carbocycles. The third kappa shape index (κ3) is 7.39. The zero-order valence-corrected chi connectivity index (χ0v) is 13.5. The van der Waals surface area contributed by atoms with Crippen molar-refractivity contribution in [1.29, 1.82) is 0 Å². The number of likely N-dealkylation sites (N-methyl/N-ethyl adjacent to an activating group) is 1. The molecule has 1 aliphatic rings. The lowest BCUT2D eigenvalue weighted by Gasteiger charge is -2.31. The summed E-state index contributed by atoms with van der Waals surface area (Å²) in [6, 6.07) is 0. The number of rotatable bonds is 11. The van der Waals surface area contributed by atoms with E-state index in [1.165, 1.54) is 44.9 Å². The molecule has 1 aliphatic heterocycles. The number of ether oxygens (including phenoxy) is 1. The maximum atomic E-state index is 12.1. The fourth-order valence-electron chi connectivity index (χ4n) is 2.78. The number of hydrogen-bond donors (Lipinski definition) is 0. The van der Waals surface area contributed by atoms with Crippen LogP contribution in [0.2, 0.25) is 0 Å². The molecule has 0 amide bonds. The highest BCUT2D eigenvalue weighted by molar-refractivity contribution is 5.83. The SMILES string of the molecule is CCCCCCCCCCC(=O)C1CN(CC)CCO1. The molecule has 118 valence electrons. The van der Waals surface area contributed by atoms with Crippen molar-refractivity contribution in [3.05, 3.63) is 0 Å². The fraction of sp³-hybridized carbons (Fsp3) is 0.941. The van der Waals surface area contributed by atoms with Crippen LogP contribution in [0, 0.1) is 0 Å². The zero-order valence-electron chi connectivity index (χ0n) is 13.5. The lowest BCUT2D eigenvalue weighted by molar-refractivity contribution is -0.136. The quantitative estimate of drug-likeness (QED) is 0.540. The van der Waals surface area contributed by atoms with Gasteiger partial charge >= 0.3 is 0 Å². The van der Waals surface area contributed by atoms with Gasteiger partial charge in [-0.1, -0.05) is 58.8 Å². The standard InChI is InChI=1S/C17H33NO2/c1-3-5-6-7-8-9-10-11-12-16(19)17-15-18(4-2)13-14-20-17/h17H,3-15H2,1-2H3. The number of morpholine rings is 1. The second kappa shape index (κ2) is 11.3. The average molecular weight is 283 g/mol. The van der Waals surface area contributed by atoms with Crippen LogP contribution in [0.4, 0.5) is 0 Å². The molecule has 20 heavy (non-hydrogen) atoms. The Labute approximate surface area is 125 Å². The Morgan fingerprint density at radius 3 is 2.35 bits per heavy atom. The molecule has 0 bridgehead atoms. The third-order valence-corrected chi connectivity index (χ3v) is 4.23. The normalized spacial score (nSPS) is 20.2. The molecule has 0 radical (unpaired) electrons. The Morgan fingerprint density at radius 1 is 1.05 bits per heavy atom. The Bertz CT molecular complexity index is 255. The van der Waals surface area contributed by atoms with Crippen LogP contribution in [0.5, 0.6) is 0 Å². The van der Waals surface area contributed by atoms with Gasteiger partial charge in [0.15, 0.2) is 5.78 Å². The molecule has 0 N–H and O–H groups in total. The smallest absolute Gasteiger partial charge is 0.162 e. The van der Waals surface area contributed by atoms with Crippen molar-refractivity contribution in [2.45, 2.75) is 77.7 Å². The Balaban J connectivity index is 1.99. The van der Waals surface area contributed by atoms with E-state index < -0.39 is 0 Å². The molecule has 1 saturated heterocycles. The van der Waals surface area contributed by atoms with Crippen molar-refractivity contribution in [3.8, 4) is 0 Å². The van der Waals surface area contributed by atoms with Crippen LogP contribution in [-0.2, 0) is 9.53 Å². The number of Topliss-reactive ketones (excluding diaryl/α,β-unsaturated/α-hetero) is 1. The fourth-order valence-corrected chi connectivity index (χ4v) is 2.78. The number of hydrogen-bond acceptors (Lipinski definition) is 3. The first-order valence-electron chi connectivity index (χ1n) is 8.64. The van der Waals surface area contributed by atoms with Crippen molar-refractivity contribution in [2.75, 3.05) is 26.2 Å². The molecule has 1 atom stereocenters. The van der Waals surface area contributed by atoms with Crippen LogP contribution in [0.25, 0.3) is 0 Å². The van der Waals surface area contributed by atoms with Crippen LogP contribution < -0.4 is 0 Å². The first kappa shape index (κ1) is 17.6. The van der Waals surface area contributed by atoms with Gasteiger partial charge in [0.2, 0.25) is 0 Å². The summed E-state index contributed by atoms with van der Waals surface area (Å²) in [6.45, 7) is 7.89. The summed E-state index contributed by atoms with van der Waals surface area (Å²) < 4.78 is 5.60. The van der Waals surface area contributed by atoms with Gasteiger partial charge in [-0.15, -0.1) is 0 Å². The van der Waals surface area contributed by atoms with Gasteiger partial charge in [0, 0.05) is 19.5 Å². The van der Waals surface area contributed by atoms with E-state index in [9.17, 15) is 4.79 Å². The Hall–Kier alpha value is -0.410. The molecule has 0 saturated carbocycles. The molecule has 0 spiro atoms. The molecule has 3 nitrogen and oxygen atoms in total. The topological polar surface area (TPSA) is 29.5 Å². The molecule has 0 aliphatic carbocycles. The first-order valence-corrected chi connectivity index (χ1v) is 8.64. The molecule has 1 heterocycles. The van der Waals surface area contributed by atoms with Crippen LogP contribution in [0.1, 0.15) is 71.6 Å². The summed E-state index contributed by atoms with van der Waals surface area (Å²) in [5.74, 6) is 0.314. The second-order valence-electron chi connectivity index (χ2n) is 5.94. The van der Waals surface area contributed by atoms with Crippen LogP contribution in [-0.4, -0.2) is 43.0 Å². The predicted octanol–water partition coefficient (Wildman–Crippen LogP) is 3.81. The maximum Gasteiger partial charge on any atom is 0.162 e. The van der Waals surface area contributed by atoms with Gasteiger partial charge in [-0.25, -0.2) is 0 Å². The van der Waals surface area contributed by atoms with E-state index in [0.29, 0.717) is 18.8 Å². The van der Waals surface area contributed by atoms with E-state index >= 15 is 0 Å². The number of ketones is 1. The average Bonchev–Trinajstić information content (AvgIpc) is 2.49. The summed E-state index contributed by atoms with van der Waals surface area (Å²) in [6.07, 6.45) is 10.8. The number of carbonyl (C=O) groups excluding carboxylic acids is 1. The number of nitrogens with zero attached hydrogens (tertiary/aromatic N) is 1. The molecule has 3 heteroatoms. The molecule has 1 fully saturated rings. The lowest BCUT2D eigenvalue weighted by atomic mass is 10.0. The molecule has 1 rings (SSSR count). The van der Waals surface area contributed by atoms with Crippen LogP contribution >= 0.6 is 0 Å². The molecule has 0 aromatic heterocycles. The lowest BCUT2D eigenvalue weighted by Crippen LogP contribution is -2.45. The van der Waals surface area contributed by atoms with Gasteiger partial charge in [-0.05, 0) is 13.0 Å². The Morgan fingerprint density at radius 2 is 1.70 bits per heavy atom. The summed E-state index contributed by atoms with van der Waals surface area (Å²) in [7, 11) is 0. The van der Waals surface area contributed by atoms with Gasteiger partial charge in [0.05, 0.1) is 6.61 Å².